The Labute approximate surface area is 135 Å². The molecule has 0 aromatic carbocycles. The fraction of sp³-hybridized carbons (Fsp3) is 0.500. The van der Waals surface area contributed by atoms with Gasteiger partial charge in [-0.15, -0.1) is 0 Å². The maximum Gasteiger partial charge on any atom is 0.326 e. The largest absolute Gasteiger partial charge is 0.480 e. The Balaban J connectivity index is 2.19. The Hall–Kier alpha value is -2.44. The molecule has 2 rings (SSSR count). The van der Waals surface area contributed by atoms with Crippen molar-refractivity contribution >= 4 is 11.8 Å². The van der Waals surface area contributed by atoms with Crippen molar-refractivity contribution in [1.82, 2.24) is 15.1 Å². The summed E-state index contributed by atoms with van der Waals surface area (Å²) in [6.45, 7) is 7.93. The van der Waals surface area contributed by atoms with E-state index in [2.05, 4.69) is 20.4 Å². The van der Waals surface area contributed by atoms with Crippen LogP contribution in [0.4, 0.5) is 5.82 Å². The van der Waals surface area contributed by atoms with Crippen molar-refractivity contribution < 1.29 is 14.4 Å². The van der Waals surface area contributed by atoms with Gasteiger partial charge in [0.25, 0.3) is 5.89 Å². The molecule has 0 aliphatic rings. The molecule has 0 radical (unpaired) electrons. The molecule has 0 fully saturated rings. The van der Waals surface area contributed by atoms with Crippen LogP contribution in [0.5, 0.6) is 0 Å². The summed E-state index contributed by atoms with van der Waals surface area (Å²) in [5.41, 5.74) is 0.704. The highest BCUT2D eigenvalue weighted by Gasteiger charge is 2.19. The van der Waals surface area contributed by atoms with Gasteiger partial charge in [0.15, 0.2) is 5.82 Å². The standard InChI is InChI=1S/C16H22N4O3/c1-9(2)7-12(16(21)22)18-13-8-11(5-6-17-13)15-19-14(10(3)4)20-23-15/h5-6,8-10,12H,7H2,1-4H3,(H,17,18)(H,21,22). The molecule has 0 aliphatic carbocycles. The first-order valence-corrected chi connectivity index (χ1v) is 7.66. The van der Waals surface area contributed by atoms with Gasteiger partial charge in [-0.25, -0.2) is 9.78 Å². The minimum Gasteiger partial charge on any atom is -0.480 e. The number of carboxylic acids is 1. The van der Waals surface area contributed by atoms with Crippen molar-refractivity contribution in [3.8, 4) is 11.5 Å². The van der Waals surface area contributed by atoms with E-state index in [-0.39, 0.29) is 11.8 Å². The lowest BCUT2D eigenvalue weighted by Gasteiger charge is -2.17. The summed E-state index contributed by atoms with van der Waals surface area (Å²) in [6.07, 6.45) is 2.10. The zero-order valence-electron chi connectivity index (χ0n) is 13.8. The normalized spacial score (nSPS) is 12.6. The number of carbonyl (C=O) groups is 1. The number of aromatic nitrogens is 3. The average Bonchev–Trinajstić information content (AvgIpc) is 2.96. The lowest BCUT2D eigenvalue weighted by Crippen LogP contribution is -2.31. The van der Waals surface area contributed by atoms with Crippen LogP contribution in [0.25, 0.3) is 11.5 Å². The van der Waals surface area contributed by atoms with E-state index < -0.39 is 12.0 Å². The average molecular weight is 318 g/mol. The molecule has 2 N–H and O–H groups in total. The second kappa shape index (κ2) is 7.21. The molecule has 2 aromatic heterocycles. The van der Waals surface area contributed by atoms with Crippen molar-refractivity contribution in [2.45, 2.75) is 46.1 Å². The summed E-state index contributed by atoms with van der Waals surface area (Å²) >= 11 is 0. The fourth-order valence-electron chi connectivity index (χ4n) is 2.10. The summed E-state index contributed by atoms with van der Waals surface area (Å²) in [5, 5.41) is 16.2. The first-order valence-electron chi connectivity index (χ1n) is 7.66. The zero-order valence-corrected chi connectivity index (χ0v) is 13.8. The van der Waals surface area contributed by atoms with Crippen LogP contribution in [0, 0.1) is 5.92 Å². The second-order valence-corrected chi connectivity index (χ2v) is 6.21. The molecule has 2 aromatic rings. The van der Waals surface area contributed by atoms with Gasteiger partial charge >= 0.3 is 5.97 Å². The molecule has 1 atom stereocenters. The number of aliphatic carboxylic acids is 1. The first-order chi connectivity index (χ1) is 10.9. The van der Waals surface area contributed by atoms with Crippen LogP contribution in [0.3, 0.4) is 0 Å². The fourth-order valence-corrected chi connectivity index (χ4v) is 2.10. The number of nitrogens with zero attached hydrogens (tertiary/aromatic N) is 3. The Morgan fingerprint density at radius 2 is 2.09 bits per heavy atom. The van der Waals surface area contributed by atoms with E-state index in [1.165, 1.54) is 0 Å². The molecule has 124 valence electrons. The predicted molar refractivity (Wildman–Crippen MR) is 86.1 cm³/mol. The topological polar surface area (TPSA) is 101 Å². The third kappa shape index (κ3) is 4.51. The van der Waals surface area contributed by atoms with Crippen LogP contribution in [0.1, 0.15) is 45.9 Å². The quantitative estimate of drug-likeness (QED) is 0.808. The molecular weight excluding hydrogens is 296 g/mol. The van der Waals surface area contributed by atoms with Gasteiger partial charge in [-0.1, -0.05) is 32.9 Å². The van der Waals surface area contributed by atoms with Gasteiger partial charge in [0.1, 0.15) is 11.9 Å². The number of rotatable bonds is 7. The van der Waals surface area contributed by atoms with Crippen molar-refractivity contribution in [3.63, 3.8) is 0 Å². The third-order valence-corrected chi connectivity index (χ3v) is 3.29. The first kappa shape index (κ1) is 16.9. The minimum absolute atomic E-state index is 0.175. The molecule has 7 heteroatoms. The number of hydrogen-bond acceptors (Lipinski definition) is 6. The van der Waals surface area contributed by atoms with Gasteiger partial charge in [0.2, 0.25) is 0 Å². The molecule has 0 amide bonds. The Bertz CT molecular complexity index is 667. The van der Waals surface area contributed by atoms with Crippen molar-refractivity contribution in [3.05, 3.63) is 24.2 Å². The number of hydrogen-bond donors (Lipinski definition) is 2. The summed E-state index contributed by atoms with van der Waals surface area (Å²) in [5.74, 6) is 1.04. The van der Waals surface area contributed by atoms with E-state index >= 15 is 0 Å². The molecule has 23 heavy (non-hydrogen) atoms. The zero-order chi connectivity index (χ0) is 17.0. The van der Waals surface area contributed by atoms with Crippen molar-refractivity contribution in [1.29, 1.82) is 0 Å². The molecular formula is C16H22N4O3. The Kier molecular flexibility index (Phi) is 5.31. The van der Waals surface area contributed by atoms with Crippen molar-refractivity contribution in [2.75, 3.05) is 5.32 Å². The van der Waals surface area contributed by atoms with Gasteiger partial charge in [0.05, 0.1) is 0 Å². The number of anilines is 1. The summed E-state index contributed by atoms with van der Waals surface area (Å²) in [6, 6.07) is 2.78. The lowest BCUT2D eigenvalue weighted by molar-refractivity contribution is -0.138. The van der Waals surface area contributed by atoms with E-state index in [9.17, 15) is 9.90 Å². The van der Waals surface area contributed by atoms with E-state index in [0.717, 1.165) is 0 Å². The van der Waals surface area contributed by atoms with Crippen LogP contribution >= 0.6 is 0 Å². The minimum atomic E-state index is -0.897. The SMILES string of the molecule is CC(C)CC(Nc1cc(-c2nc(C(C)C)no2)ccn1)C(=O)O. The number of pyridine rings is 1. The van der Waals surface area contributed by atoms with Crippen LogP contribution in [0.15, 0.2) is 22.9 Å². The van der Waals surface area contributed by atoms with Crippen LogP contribution in [0.2, 0.25) is 0 Å². The summed E-state index contributed by atoms with van der Waals surface area (Å²) < 4.78 is 5.25. The maximum atomic E-state index is 11.3. The highest BCUT2D eigenvalue weighted by Crippen LogP contribution is 2.22. The number of nitrogens with one attached hydrogen (secondary N) is 1. The predicted octanol–water partition coefficient (Wildman–Crippen LogP) is 3.17. The molecule has 0 saturated carbocycles. The molecule has 2 heterocycles. The lowest BCUT2D eigenvalue weighted by atomic mass is 10.0. The van der Waals surface area contributed by atoms with E-state index in [0.29, 0.717) is 29.5 Å². The van der Waals surface area contributed by atoms with Gasteiger partial charge in [-0.05, 0) is 24.5 Å². The van der Waals surface area contributed by atoms with Crippen LogP contribution < -0.4 is 5.32 Å². The Morgan fingerprint density at radius 3 is 2.65 bits per heavy atom. The summed E-state index contributed by atoms with van der Waals surface area (Å²) in [7, 11) is 0. The number of carboxylic acid groups (broad SMARTS) is 1. The highest BCUT2D eigenvalue weighted by molar-refractivity contribution is 5.77. The van der Waals surface area contributed by atoms with Gasteiger partial charge in [-0.2, -0.15) is 4.98 Å². The molecule has 0 bridgehead atoms. The summed E-state index contributed by atoms with van der Waals surface area (Å²) in [4.78, 5) is 19.8. The Morgan fingerprint density at radius 1 is 1.35 bits per heavy atom. The molecule has 7 nitrogen and oxygen atoms in total. The van der Waals surface area contributed by atoms with Crippen molar-refractivity contribution in [2.24, 2.45) is 5.92 Å². The van der Waals surface area contributed by atoms with Gasteiger partial charge in [-0.3, -0.25) is 0 Å². The highest BCUT2D eigenvalue weighted by atomic mass is 16.5. The van der Waals surface area contributed by atoms with E-state index in [4.69, 9.17) is 4.52 Å². The van der Waals surface area contributed by atoms with Crippen LogP contribution in [-0.2, 0) is 4.79 Å². The van der Waals surface area contributed by atoms with E-state index in [1.807, 2.05) is 27.7 Å². The molecule has 0 aliphatic heterocycles. The molecule has 0 saturated heterocycles. The van der Waals surface area contributed by atoms with Crippen LogP contribution in [-0.4, -0.2) is 32.2 Å². The monoisotopic (exact) mass is 318 g/mol. The third-order valence-electron chi connectivity index (χ3n) is 3.29. The second-order valence-electron chi connectivity index (χ2n) is 6.21. The molecule has 1 unspecified atom stereocenters. The van der Waals surface area contributed by atoms with Gasteiger partial charge in [0, 0.05) is 17.7 Å². The molecule has 0 spiro atoms. The maximum absolute atomic E-state index is 11.3. The smallest absolute Gasteiger partial charge is 0.326 e. The van der Waals surface area contributed by atoms with E-state index in [1.54, 1.807) is 18.3 Å². The van der Waals surface area contributed by atoms with Gasteiger partial charge < -0.3 is 14.9 Å².